The molecule has 0 spiro atoms. The maximum Gasteiger partial charge on any atom is 0.330 e. The third kappa shape index (κ3) is 2.99. The summed E-state index contributed by atoms with van der Waals surface area (Å²) < 4.78 is 4.45. The molecule has 0 saturated carbocycles. The van der Waals surface area contributed by atoms with Crippen molar-refractivity contribution < 1.29 is 9.53 Å². The van der Waals surface area contributed by atoms with Gasteiger partial charge in [-0.2, -0.15) is 0 Å². The molecule has 0 fully saturated rings. The van der Waals surface area contributed by atoms with Crippen LogP contribution in [0.4, 0.5) is 5.69 Å². The molecule has 0 aliphatic carbocycles. The molecule has 3 heteroatoms. The minimum Gasteiger partial charge on any atom is -0.466 e. The van der Waals surface area contributed by atoms with Crippen molar-refractivity contribution in [1.29, 1.82) is 0 Å². The Morgan fingerprint density at radius 3 is 2.54 bits per heavy atom. The Balaban J connectivity index is 2.69. The van der Waals surface area contributed by atoms with Crippen LogP contribution in [0, 0.1) is 0 Å². The van der Waals surface area contributed by atoms with Gasteiger partial charge in [0.1, 0.15) is 0 Å². The van der Waals surface area contributed by atoms with Gasteiger partial charge in [0.05, 0.1) is 7.11 Å². The summed E-state index contributed by atoms with van der Waals surface area (Å²) in [7, 11) is 1.34. The van der Waals surface area contributed by atoms with Gasteiger partial charge in [-0.15, -0.1) is 0 Å². The first kappa shape index (κ1) is 9.32. The van der Waals surface area contributed by atoms with E-state index in [1.807, 2.05) is 12.1 Å². The zero-order valence-electron chi connectivity index (χ0n) is 7.36. The summed E-state index contributed by atoms with van der Waals surface area (Å²) in [5.74, 6) is -0.364. The number of rotatable bonds is 2. The van der Waals surface area contributed by atoms with Gasteiger partial charge in [-0.1, -0.05) is 12.1 Å². The van der Waals surface area contributed by atoms with Crippen molar-refractivity contribution in [1.82, 2.24) is 0 Å². The highest BCUT2D eigenvalue weighted by Gasteiger charge is 1.91. The first-order chi connectivity index (χ1) is 6.22. The Bertz CT molecular complexity index is 314. The van der Waals surface area contributed by atoms with E-state index < -0.39 is 0 Å². The van der Waals surface area contributed by atoms with Crippen molar-refractivity contribution in [2.24, 2.45) is 0 Å². The molecule has 0 aliphatic rings. The monoisotopic (exact) mass is 177 g/mol. The Kier molecular flexibility index (Phi) is 3.09. The van der Waals surface area contributed by atoms with Gasteiger partial charge in [-0.25, -0.2) is 4.79 Å². The SMILES string of the molecule is COC(=O)/C=C\c1ccc(N)cc1. The number of nitrogens with two attached hydrogens (primary N) is 1. The van der Waals surface area contributed by atoms with Crippen molar-refractivity contribution in [2.75, 3.05) is 12.8 Å². The normalized spacial score (nSPS) is 10.2. The molecule has 68 valence electrons. The van der Waals surface area contributed by atoms with E-state index in [1.165, 1.54) is 13.2 Å². The standard InChI is InChI=1S/C10H11NO2/c1-13-10(12)7-4-8-2-5-9(11)6-3-8/h2-7H,11H2,1H3/b7-4-. The van der Waals surface area contributed by atoms with Crippen molar-refractivity contribution in [3.8, 4) is 0 Å². The lowest BCUT2D eigenvalue weighted by Crippen LogP contribution is -1.93. The van der Waals surface area contributed by atoms with E-state index in [0.29, 0.717) is 5.69 Å². The number of nitrogen functional groups attached to an aromatic ring is 1. The molecule has 2 N–H and O–H groups in total. The highest BCUT2D eigenvalue weighted by molar-refractivity contribution is 5.86. The lowest BCUT2D eigenvalue weighted by molar-refractivity contribution is -0.134. The maximum atomic E-state index is 10.7. The number of hydrogen-bond acceptors (Lipinski definition) is 3. The molecule has 1 aromatic carbocycles. The van der Waals surface area contributed by atoms with E-state index >= 15 is 0 Å². The molecule has 0 atom stereocenters. The van der Waals surface area contributed by atoms with Gasteiger partial charge in [0, 0.05) is 11.8 Å². The lowest BCUT2D eigenvalue weighted by atomic mass is 10.2. The number of ether oxygens (including phenoxy) is 1. The molecule has 0 heterocycles. The molecule has 0 unspecified atom stereocenters. The third-order valence-electron chi connectivity index (χ3n) is 1.55. The van der Waals surface area contributed by atoms with Crippen LogP contribution in [0.1, 0.15) is 5.56 Å². The molecule has 1 aromatic rings. The molecule has 0 aromatic heterocycles. The zero-order chi connectivity index (χ0) is 9.68. The Morgan fingerprint density at radius 1 is 1.38 bits per heavy atom. The van der Waals surface area contributed by atoms with E-state index in [9.17, 15) is 4.79 Å². The first-order valence-corrected chi connectivity index (χ1v) is 3.84. The highest BCUT2D eigenvalue weighted by Crippen LogP contribution is 2.06. The Labute approximate surface area is 76.8 Å². The number of carbonyl (C=O) groups excluding carboxylic acids is 1. The van der Waals surface area contributed by atoms with Crippen LogP contribution in [0.3, 0.4) is 0 Å². The van der Waals surface area contributed by atoms with Crippen LogP contribution in [-0.2, 0) is 9.53 Å². The number of carbonyl (C=O) groups is 1. The number of hydrogen-bond donors (Lipinski definition) is 1. The fourth-order valence-corrected chi connectivity index (χ4v) is 0.839. The average Bonchev–Trinajstić information content (AvgIpc) is 2.16. The predicted octanol–water partition coefficient (Wildman–Crippen LogP) is 1.45. The summed E-state index contributed by atoms with van der Waals surface area (Å²) >= 11 is 0. The second kappa shape index (κ2) is 4.30. The fraction of sp³-hybridized carbons (Fsp3) is 0.100. The van der Waals surface area contributed by atoms with Gasteiger partial charge in [0.25, 0.3) is 0 Å². The quantitative estimate of drug-likeness (QED) is 0.422. The van der Waals surface area contributed by atoms with Gasteiger partial charge in [0.2, 0.25) is 0 Å². The minimum atomic E-state index is -0.364. The lowest BCUT2D eigenvalue weighted by Gasteiger charge is -1.94. The minimum absolute atomic E-state index is 0.364. The summed E-state index contributed by atoms with van der Waals surface area (Å²) in [5, 5.41) is 0. The van der Waals surface area contributed by atoms with Crippen LogP contribution in [0.5, 0.6) is 0 Å². The van der Waals surface area contributed by atoms with Crippen molar-refractivity contribution in [3.05, 3.63) is 35.9 Å². The maximum absolute atomic E-state index is 10.7. The molecule has 13 heavy (non-hydrogen) atoms. The number of methoxy groups -OCH3 is 1. The van der Waals surface area contributed by atoms with E-state index in [1.54, 1.807) is 18.2 Å². The summed E-state index contributed by atoms with van der Waals surface area (Å²) in [6.07, 6.45) is 3.04. The zero-order valence-corrected chi connectivity index (χ0v) is 7.36. The molecular weight excluding hydrogens is 166 g/mol. The summed E-state index contributed by atoms with van der Waals surface area (Å²) in [4.78, 5) is 10.7. The molecule has 3 nitrogen and oxygen atoms in total. The fourth-order valence-electron chi connectivity index (χ4n) is 0.839. The van der Waals surface area contributed by atoms with Crippen LogP contribution >= 0.6 is 0 Å². The number of anilines is 1. The van der Waals surface area contributed by atoms with Crippen LogP contribution in [0.25, 0.3) is 6.08 Å². The topological polar surface area (TPSA) is 52.3 Å². The third-order valence-corrected chi connectivity index (χ3v) is 1.55. The van der Waals surface area contributed by atoms with Crippen molar-refractivity contribution >= 4 is 17.7 Å². The molecule has 0 radical (unpaired) electrons. The highest BCUT2D eigenvalue weighted by atomic mass is 16.5. The van der Waals surface area contributed by atoms with E-state index in [2.05, 4.69) is 4.74 Å². The Morgan fingerprint density at radius 2 is 2.00 bits per heavy atom. The van der Waals surface area contributed by atoms with Gasteiger partial charge in [-0.3, -0.25) is 0 Å². The summed E-state index contributed by atoms with van der Waals surface area (Å²) in [6, 6.07) is 7.21. The van der Waals surface area contributed by atoms with Crippen LogP contribution in [-0.4, -0.2) is 13.1 Å². The van der Waals surface area contributed by atoms with Gasteiger partial charge >= 0.3 is 5.97 Å². The van der Waals surface area contributed by atoms with Crippen molar-refractivity contribution in [2.45, 2.75) is 0 Å². The van der Waals surface area contributed by atoms with Gasteiger partial charge in [-0.05, 0) is 23.8 Å². The largest absolute Gasteiger partial charge is 0.466 e. The van der Waals surface area contributed by atoms with Crippen LogP contribution in [0.2, 0.25) is 0 Å². The predicted molar refractivity (Wildman–Crippen MR) is 51.9 cm³/mol. The van der Waals surface area contributed by atoms with Crippen LogP contribution < -0.4 is 5.73 Å². The van der Waals surface area contributed by atoms with Gasteiger partial charge < -0.3 is 10.5 Å². The summed E-state index contributed by atoms with van der Waals surface area (Å²) in [5.41, 5.74) is 7.11. The van der Waals surface area contributed by atoms with E-state index in [-0.39, 0.29) is 5.97 Å². The molecule has 0 amide bonds. The molecular formula is C10H11NO2. The molecule has 0 bridgehead atoms. The molecule has 0 saturated heterocycles. The van der Waals surface area contributed by atoms with Crippen molar-refractivity contribution in [3.63, 3.8) is 0 Å². The first-order valence-electron chi connectivity index (χ1n) is 3.84. The second-order valence-corrected chi connectivity index (χ2v) is 2.52. The van der Waals surface area contributed by atoms with Crippen LogP contribution in [0.15, 0.2) is 30.3 Å². The number of esters is 1. The number of benzene rings is 1. The summed E-state index contributed by atoms with van der Waals surface area (Å²) in [6.45, 7) is 0. The van der Waals surface area contributed by atoms with E-state index in [0.717, 1.165) is 5.56 Å². The molecule has 0 aliphatic heterocycles. The van der Waals surface area contributed by atoms with Gasteiger partial charge in [0.15, 0.2) is 0 Å². The second-order valence-electron chi connectivity index (χ2n) is 2.52. The van der Waals surface area contributed by atoms with E-state index in [4.69, 9.17) is 5.73 Å². The smallest absolute Gasteiger partial charge is 0.330 e. The average molecular weight is 177 g/mol. The Hall–Kier alpha value is -1.77. The molecule has 1 rings (SSSR count).